The number of halogens is 6. The summed E-state index contributed by atoms with van der Waals surface area (Å²) >= 11 is 6.22. The highest BCUT2D eigenvalue weighted by Gasteiger charge is 2.27. The second kappa shape index (κ2) is 8.32. The standard InChI is InChI=1S/C18H14ClF5N2O2/c19-11-7-9(1-2-12(11)26-3-5-28-6-4-26)25-13(27)8-10-14(20)16(22)18(24)17(23)15(10)21/h1-2,7H,3-6,8H2,(H,25,27). The first-order valence-corrected chi connectivity index (χ1v) is 8.59. The maximum Gasteiger partial charge on any atom is 0.229 e. The molecule has 0 spiro atoms. The molecule has 0 radical (unpaired) electrons. The molecule has 1 aliphatic rings. The highest BCUT2D eigenvalue weighted by molar-refractivity contribution is 6.33. The summed E-state index contributed by atoms with van der Waals surface area (Å²) in [5.74, 6) is -11.5. The van der Waals surface area contributed by atoms with Crippen molar-refractivity contribution >= 4 is 28.9 Å². The monoisotopic (exact) mass is 420 g/mol. The third-order valence-electron chi connectivity index (χ3n) is 4.22. The Morgan fingerprint density at radius 3 is 2.14 bits per heavy atom. The Labute approximate surface area is 161 Å². The Balaban J connectivity index is 1.75. The molecule has 4 nitrogen and oxygen atoms in total. The number of amides is 1. The van der Waals surface area contributed by atoms with E-state index in [1.165, 1.54) is 12.1 Å². The third kappa shape index (κ3) is 4.05. The van der Waals surface area contributed by atoms with Crippen LogP contribution in [-0.2, 0) is 16.0 Å². The van der Waals surface area contributed by atoms with Crippen LogP contribution in [0, 0.1) is 29.1 Å². The molecular weight excluding hydrogens is 407 g/mol. The molecule has 1 fully saturated rings. The fraction of sp³-hybridized carbons (Fsp3) is 0.278. The molecule has 0 unspecified atom stereocenters. The lowest BCUT2D eigenvalue weighted by molar-refractivity contribution is -0.115. The van der Waals surface area contributed by atoms with Gasteiger partial charge in [0.25, 0.3) is 0 Å². The summed E-state index contributed by atoms with van der Waals surface area (Å²) in [5, 5.41) is 2.66. The van der Waals surface area contributed by atoms with Crippen molar-refractivity contribution in [3.63, 3.8) is 0 Å². The molecule has 10 heteroatoms. The van der Waals surface area contributed by atoms with E-state index in [1.807, 2.05) is 4.90 Å². The molecule has 0 aromatic heterocycles. The smallest absolute Gasteiger partial charge is 0.229 e. The Morgan fingerprint density at radius 1 is 1.00 bits per heavy atom. The van der Waals surface area contributed by atoms with E-state index in [4.69, 9.17) is 16.3 Å². The second-order valence-corrected chi connectivity index (χ2v) is 6.45. The predicted octanol–water partition coefficient (Wildman–Crippen LogP) is 4.05. The maximum atomic E-state index is 13.7. The van der Waals surface area contributed by atoms with E-state index in [-0.39, 0.29) is 5.69 Å². The summed E-state index contributed by atoms with van der Waals surface area (Å²) in [6.07, 6.45) is -1.03. The van der Waals surface area contributed by atoms with Crippen LogP contribution >= 0.6 is 11.6 Å². The van der Waals surface area contributed by atoms with Crippen LogP contribution in [0.25, 0.3) is 0 Å². The van der Waals surface area contributed by atoms with Gasteiger partial charge in [-0.2, -0.15) is 0 Å². The average molecular weight is 421 g/mol. The van der Waals surface area contributed by atoms with Crippen molar-refractivity contribution < 1.29 is 31.5 Å². The maximum absolute atomic E-state index is 13.7. The van der Waals surface area contributed by atoms with Gasteiger partial charge in [-0.05, 0) is 18.2 Å². The summed E-state index contributed by atoms with van der Waals surface area (Å²) in [5.41, 5.74) is -0.261. The van der Waals surface area contributed by atoms with E-state index in [9.17, 15) is 26.7 Å². The molecule has 0 aliphatic carbocycles. The lowest BCUT2D eigenvalue weighted by Crippen LogP contribution is -2.36. The lowest BCUT2D eigenvalue weighted by atomic mass is 10.1. The molecule has 2 aromatic carbocycles. The van der Waals surface area contributed by atoms with Gasteiger partial charge in [0.05, 0.1) is 30.3 Å². The number of benzene rings is 2. The van der Waals surface area contributed by atoms with Gasteiger partial charge in [-0.25, -0.2) is 22.0 Å². The van der Waals surface area contributed by atoms with Crippen LogP contribution < -0.4 is 10.2 Å². The minimum Gasteiger partial charge on any atom is -0.378 e. The van der Waals surface area contributed by atoms with Crippen molar-refractivity contribution in [1.29, 1.82) is 0 Å². The summed E-state index contributed by atoms with van der Waals surface area (Å²) in [6.45, 7) is 2.39. The highest BCUT2D eigenvalue weighted by Crippen LogP contribution is 2.30. The zero-order valence-corrected chi connectivity index (χ0v) is 15.1. The molecule has 28 heavy (non-hydrogen) atoms. The minimum absolute atomic E-state index is 0.218. The van der Waals surface area contributed by atoms with Crippen molar-refractivity contribution in [1.82, 2.24) is 0 Å². The van der Waals surface area contributed by atoms with Gasteiger partial charge >= 0.3 is 0 Å². The molecule has 0 bridgehead atoms. The fourth-order valence-electron chi connectivity index (χ4n) is 2.82. The number of rotatable bonds is 4. The van der Waals surface area contributed by atoms with Gasteiger partial charge in [0.2, 0.25) is 11.7 Å². The van der Waals surface area contributed by atoms with Gasteiger partial charge in [0.15, 0.2) is 23.3 Å². The SMILES string of the molecule is O=C(Cc1c(F)c(F)c(F)c(F)c1F)Nc1ccc(N2CCOCC2)c(Cl)c1. The number of morpholine rings is 1. The van der Waals surface area contributed by atoms with Crippen molar-refractivity contribution in [3.05, 3.63) is 57.9 Å². The van der Waals surface area contributed by atoms with Gasteiger partial charge in [-0.3, -0.25) is 4.79 Å². The van der Waals surface area contributed by atoms with E-state index >= 15 is 0 Å². The van der Waals surface area contributed by atoms with Crippen LogP contribution in [0.15, 0.2) is 18.2 Å². The topological polar surface area (TPSA) is 41.6 Å². The van der Waals surface area contributed by atoms with Crippen LogP contribution in [0.3, 0.4) is 0 Å². The molecule has 1 heterocycles. The Morgan fingerprint density at radius 2 is 1.57 bits per heavy atom. The van der Waals surface area contributed by atoms with Crippen molar-refractivity contribution in [2.24, 2.45) is 0 Å². The summed E-state index contributed by atoms with van der Waals surface area (Å²) in [7, 11) is 0. The first kappa shape index (κ1) is 20.3. The number of hydrogen-bond acceptors (Lipinski definition) is 3. The number of hydrogen-bond donors (Lipinski definition) is 1. The largest absolute Gasteiger partial charge is 0.378 e. The molecule has 3 rings (SSSR count). The highest BCUT2D eigenvalue weighted by atomic mass is 35.5. The van der Waals surface area contributed by atoms with Gasteiger partial charge < -0.3 is 15.0 Å². The first-order valence-electron chi connectivity index (χ1n) is 8.22. The van der Waals surface area contributed by atoms with E-state index in [0.717, 1.165) is 5.69 Å². The molecule has 150 valence electrons. The fourth-order valence-corrected chi connectivity index (χ4v) is 3.12. The van der Waals surface area contributed by atoms with Crippen LogP contribution in [0.4, 0.5) is 33.3 Å². The van der Waals surface area contributed by atoms with Gasteiger partial charge in [-0.15, -0.1) is 0 Å². The summed E-state index contributed by atoms with van der Waals surface area (Å²) in [4.78, 5) is 14.0. The molecule has 1 N–H and O–H groups in total. The van der Waals surface area contributed by atoms with E-state index in [0.29, 0.717) is 31.3 Å². The Kier molecular flexibility index (Phi) is 6.04. The van der Waals surface area contributed by atoms with E-state index in [1.54, 1.807) is 6.07 Å². The van der Waals surface area contributed by atoms with Crippen molar-refractivity contribution in [2.45, 2.75) is 6.42 Å². The average Bonchev–Trinajstić information content (AvgIpc) is 2.69. The lowest BCUT2D eigenvalue weighted by Gasteiger charge is -2.29. The van der Waals surface area contributed by atoms with Gasteiger partial charge in [0.1, 0.15) is 0 Å². The number of nitrogens with zero attached hydrogens (tertiary/aromatic N) is 1. The minimum atomic E-state index is -2.27. The van der Waals surface area contributed by atoms with Gasteiger partial charge in [0, 0.05) is 24.3 Å². The molecule has 0 saturated carbocycles. The van der Waals surface area contributed by atoms with Crippen LogP contribution in [0.2, 0.25) is 5.02 Å². The second-order valence-electron chi connectivity index (χ2n) is 6.04. The van der Waals surface area contributed by atoms with Gasteiger partial charge in [-0.1, -0.05) is 11.6 Å². The third-order valence-corrected chi connectivity index (χ3v) is 4.52. The number of nitrogens with one attached hydrogen (secondary N) is 1. The molecule has 1 aliphatic heterocycles. The summed E-state index contributed by atoms with van der Waals surface area (Å²) in [6, 6.07) is 4.61. The number of carbonyl (C=O) groups excluding carboxylic acids is 1. The molecule has 1 amide bonds. The normalized spacial score (nSPS) is 14.3. The quantitative estimate of drug-likeness (QED) is 0.461. The molecule has 1 saturated heterocycles. The number of carbonyl (C=O) groups is 1. The Hall–Kier alpha value is -2.39. The van der Waals surface area contributed by atoms with E-state index < -0.39 is 47.0 Å². The van der Waals surface area contributed by atoms with Crippen LogP contribution in [0.5, 0.6) is 0 Å². The molecular formula is C18H14ClF5N2O2. The number of ether oxygens (including phenoxy) is 1. The number of anilines is 2. The Bertz CT molecular complexity index is 890. The van der Waals surface area contributed by atoms with Crippen molar-refractivity contribution in [2.75, 3.05) is 36.5 Å². The zero-order chi connectivity index (χ0) is 20.4. The molecule has 0 atom stereocenters. The van der Waals surface area contributed by atoms with Crippen LogP contribution in [0.1, 0.15) is 5.56 Å². The summed E-state index contributed by atoms with van der Waals surface area (Å²) < 4.78 is 72.2. The van der Waals surface area contributed by atoms with Crippen molar-refractivity contribution in [3.8, 4) is 0 Å². The van der Waals surface area contributed by atoms with Crippen LogP contribution in [-0.4, -0.2) is 32.2 Å². The van der Waals surface area contributed by atoms with E-state index in [2.05, 4.69) is 5.32 Å². The zero-order valence-electron chi connectivity index (χ0n) is 14.3. The first-order chi connectivity index (χ1) is 13.3. The predicted molar refractivity (Wildman–Crippen MR) is 93.0 cm³/mol. The molecule has 2 aromatic rings.